The van der Waals surface area contributed by atoms with Crippen LogP contribution in [0.4, 0.5) is 0 Å². The van der Waals surface area contributed by atoms with Crippen LogP contribution in [0.25, 0.3) is 5.70 Å². The third-order valence-corrected chi connectivity index (χ3v) is 3.47. The van der Waals surface area contributed by atoms with Crippen molar-refractivity contribution in [3.63, 3.8) is 0 Å². The van der Waals surface area contributed by atoms with Crippen LogP contribution in [0.3, 0.4) is 0 Å². The van der Waals surface area contributed by atoms with E-state index >= 15 is 0 Å². The molecule has 0 aromatic carbocycles. The van der Waals surface area contributed by atoms with E-state index in [-0.39, 0.29) is 5.92 Å². The van der Waals surface area contributed by atoms with Crippen LogP contribution in [0, 0.1) is 5.92 Å². The topological polar surface area (TPSA) is 33.2 Å². The van der Waals surface area contributed by atoms with Crippen LogP contribution in [0.2, 0.25) is 0 Å². The lowest BCUT2D eigenvalue weighted by atomic mass is 9.93. The van der Waals surface area contributed by atoms with Gasteiger partial charge in [-0.15, -0.1) is 0 Å². The molecule has 0 atom stereocenters. The van der Waals surface area contributed by atoms with Crippen LogP contribution in [-0.4, -0.2) is 28.8 Å². The molecule has 90 valence electrons. The number of likely N-dealkylation sites (tertiary alicyclic amines) is 1. The van der Waals surface area contributed by atoms with Gasteiger partial charge < -0.3 is 4.90 Å². The Bertz CT molecular complexity index is 405. The highest BCUT2D eigenvalue weighted by molar-refractivity contribution is 5.78. The molecule has 2 heterocycles. The van der Waals surface area contributed by atoms with E-state index < -0.39 is 0 Å². The van der Waals surface area contributed by atoms with Crippen molar-refractivity contribution in [2.75, 3.05) is 13.1 Å². The molecular formula is C14H18N2O. The van der Waals surface area contributed by atoms with Crippen molar-refractivity contribution in [2.45, 2.75) is 19.8 Å². The quantitative estimate of drug-likeness (QED) is 0.799. The van der Waals surface area contributed by atoms with Gasteiger partial charge in [-0.2, -0.15) is 0 Å². The largest absolute Gasteiger partial charge is 0.371 e. The van der Waals surface area contributed by atoms with Gasteiger partial charge in [0.1, 0.15) is 5.78 Å². The SMILES string of the molecule is C=C(c1ccncc1)N1CCC(C(C)=O)CC1. The highest BCUT2D eigenvalue weighted by Crippen LogP contribution is 2.24. The second-order valence-electron chi connectivity index (χ2n) is 4.55. The van der Waals surface area contributed by atoms with E-state index in [0.29, 0.717) is 5.78 Å². The number of Topliss-reactive ketones (excluding diaryl/α,β-unsaturated/α-hetero) is 1. The third kappa shape index (κ3) is 2.73. The van der Waals surface area contributed by atoms with E-state index in [4.69, 9.17) is 0 Å². The van der Waals surface area contributed by atoms with Crippen LogP contribution >= 0.6 is 0 Å². The Hall–Kier alpha value is -1.64. The Morgan fingerprint density at radius 1 is 1.35 bits per heavy atom. The van der Waals surface area contributed by atoms with Gasteiger partial charge in [-0.25, -0.2) is 0 Å². The van der Waals surface area contributed by atoms with Crippen molar-refractivity contribution >= 4 is 11.5 Å². The van der Waals surface area contributed by atoms with E-state index in [1.54, 1.807) is 19.3 Å². The molecule has 1 aliphatic heterocycles. The van der Waals surface area contributed by atoms with Crippen LogP contribution in [-0.2, 0) is 4.79 Å². The molecule has 1 aromatic rings. The number of aromatic nitrogens is 1. The summed E-state index contributed by atoms with van der Waals surface area (Å²) >= 11 is 0. The molecule has 3 nitrogen and oxygen atoms in total. The van der Waals surface area contributed by atoms with Gasteiger partial charge in [-0.1, -0.05) is 6.58 Å². The average molecular weight is 230 g/mol. The molecule has 17 heavy (non-hydrogen) atoms. The van der Waals surface area contributed by atoms with Crippen molar-refractivity contribution in [1.29, 1.82) is 0 Å². The first kappa shape index (κ1) is 11.8. The van der Waals surface area contributed by atoms with Crippen molar-refractivity contribution in [1.82, 2.24) is 9.88 Å². The van der Waals surface area contributed by atoms with Crippen LogP contribution in [0.5, 0.6) is 0 Å². The molecule has 0 amide bonds. The number of pyridine rings is 1. The molecular weight excluding hydrogens is 212 g/mol. The van der Waals surface area contributed by atoms with Crippen LogP contribution in [0.15, 0.2) is 31.1 Å². The zero-order valence-electron chi connectivity index (χ0n) is 10.2. The van der Waals surface area contributed by atoms with Gasteiger partial charge in [0.25, 0.3) is 0 Å². The minimum atomic E-state index is 0.247. The van der Waals surface area contributed by atoms with Crippen molar-refractivity contribution in [3.8, 4) is 0 Å². The fraction of sp³-hybridized carbons (Fsp3) is 0.429. The van der Waals surface area contributed by atoms with Gasteiger partial charge in [0, 0.05) is 42.7 Å². The maximum atomic E-state index is 11.3. The second-order valence-corrected chi connectivity index (χ2v) is 4.55. The van der Waals surface area contributed by atoms with Gasteiger partial charge in [-0.05, 0) is 31.9 Å². The lowest BCUT2D eigenvalue weighted by Crippen LogP contribution is -2.34. The Kier molecular flexibility index (Phi) is 3.57. The first-order valence-electron chi connectivity index (χ1n) is 6.03. The number of nitrogens with zero attached hydrogens (tertiary/aromatic N) is 2. The number of carbonyl (C=O) groups is 1. The fourth-order valence-corrected chi connectivity index (χ4v) is 2.28. The first-order valence-corrected chi connectivity index (χ1v) is 6.03. The maximum absolute atomic E-state index is 11.3. The summed E-state index contributed by atoms with van der Waals surface area (Å²) in [7, 11) is 0. The summed E-state index contributed by atoms with van der Waals surface area (Å²) in [5.41, 5.74) is 2.15. The zero-order valence-corrected chi connectivity index (χ0v) is 10.2. The number of hydrogen-bond acceptors (Lipinski definition) is 3. The van der Waals surface area contributed by atoms with Gasteiger partial charge in [0.15, 0.2) is 0 Å². The van der Waals surface area contributed by atoms with Gasteiger partial charge in [0.05, 0.1) is 0 Å². The van der Waals surface area contributed by atoms with Crippen LogP contribution < -0.4 is 0 Å². The summed E-state index contributed by atoms with van der Waals surface area (Å²) in [5, 5.41) is 0. The van der Waals surface area contributed by atoms with Crippen LogP contribution in [0.1, 0.15) is 25.3 Å². The molecule has 2 rings (SSSR count). The summed E-state index contributed by atoms with van der Waals surface area (Å²) in [4.78, 5) is 17.6. The third-order valence-electron chi connectivity index (χ3n) is 3.47. The fourth-order valence-electron chi connectivity index (χ4n) is 2.28. The van der Waals surface area contributed by atoms with E-state index in [0.717, 1.165) is 37.2 Å². The molecule has 1 saturated heterocycles. The Balaban J connectivity index is 1.98. The van der Waals surface area contributed by atoms with Gasteiger partial charge in [0.2, 0.25) is 0 Å². The summed E-state index contributed by atoms with van der Waals surface area (Å²) in [6.45, 7) is 7.67. The Labute approximate surface area is 102 Å². The Morgan fingerprint density at radius 2 is 1.94 bits per heavy atom. The molecule has 0 saturated carbocycles. The smallest absolute Gasteiger partial charge is 0.133 e. The molecule has 3 heteroatoms. The number of ketones is 1. The van der Waals surface area contributed by atoms with Gasteiger partial charge in [-0.3, -0.25) is 9.78 Å². The summed E-state index contributed by atoms with van der Waals surface area (Å²) in [6, 6.07) is 3.94. The van der Waals surface area contributed by atoms with Crippen molar-refractivity contribution in [2.24, 2.45) is 5.92 Å². The predicted molar refractivity (Wildman–Crippen MR) is 68.2 cm³/mol. The van der Waals surface area contributed by atoms with E-state index in [1.165, 1.54) is 0 Å². The van der Waals surface area contributed by atoms with E-state index in [2.05, 4.69) is 16.5 Å². The summed E-state index contributed by atoms with van der Waals surface area (Å²) in [6.07, 6.45) is 5.45. The van der Waals surface area contributed by atoms with E-state index in [1.807, 2.05) is 12.1 Å². The average Bonchev–Trinajstić information content (AvgIpc) is 2.39. The minimum absolute atomic E-state index is 0.247. The highest BCUT2D eigenvalue weighted by Gasteiger charge is 2.23. The molecule has 1 aliphatic rings. The molecule has 0 unspecified atom stereocenters. The lowest BCUT2D eigenvalue weighted by Gasteiger charge is -2.33. The molecule has 0 bridgehead atoms. The molecule has 0 radical (unpaired) electrons. The van der Waals surface area contributed by atoms with Crippen molar-refractivity contribution < 1.29 is 4.79 Å². The van der Waals surface area contributed by atoms with E-state index in [9.17, 15) is 4.79 Å². The molecule has 0 N–H and O–H groups in total. The molecule has 0 spiro atoms. The normalized spacial score (nSPS) is 16.9. The molecule has 1 fully saturated rings. The second kappa shape index (κ2) is 5.13. The maximum Gasteiger partial charge on any atom is 0.133 e. The monoisotopic (exact) mass is 230 g/mol. The standard InChI is InChI=1S/C14H18N2O/c1-11(13-3-7-15-8-4-13)16-9-5-14(6-10-16)12(2)17/h3-4,7-8,14H,1,5-6,9-10H2,2H3. The number of piperidine rings is 1. The summed E-state index contributed by atoms with van der Waals surface area (Å²) < 4.78 is 0. The Morgan fingerprint density at radius 3 is 2.47 bits per heavy atom. The summed E-state index contributed by atoms with van der Waals surface area (Å²) in [5.74, 6) is 0.565. The number of rotatable bonds is 3. The first-order chi connectivity index (χ1) is 8.18. The predicted octanol–water partition coefficient (Wildman–Crippen LogP) is 2.35. The lowest BCUT2D eigenvalue weighted by molar-refractivity contribution is -0.121. The molecule has 0 aliphatic carbocycles. The van der Waals surface area contributed by atoms with Crippen molar-refractivity contribution in [3.05, 3.63) is 36.7 Å². The number of carbonyl (C=O) groups excluding carboxylic acids is 1. The zero-order chi connectivity index (χ0) is 12.3. The molecule has 1 aromatic heterocycles. The highest BCUT2D eigenvalue weighted by atomic mass is 16.1. The number of hydrogen-bond donors (Lipinski definition) is 0. The minimum Gasteiger partial charge on any atom is -0.371 e. The van der Waals surface area contributed by atoms with Gasteiger partial charge >= 0.3 is 0 Å².